The van der Waals surface area contributed by atoms with Gasteiger partial charge in [0, 0.05) is 17.0 Å². The zero-order chi connectivity index (χ0) is 15.6. The van der Waals surface area contributed by atoms with Crippen LogP contribution in [0.2, 0.25) is 0 Å². The third kappa shape index (κ3) is 3.54. The van der Waals surface area contributed by atoms with Gasteiger partial charge in [0.05, 0.1) is 12.6 Å². The van der Waals surface area contributed by atoms with Crippen molar-refractivity contribution in [1.29, 1.82) is 0 Å². The van der Waals surface area contributed by atoms with E-state index in [1.165, 1.54) is 34.9 Å². The molecule has 1 amide bonds. The summed E-state index contributed by atoms with van der Waals surface area (Å²) in [5, 5.41) is 9.03. The molecule has 0 radical (unpaired) electrons. The molecule has 2 atom stereocenters. The molecule has 21 heavy (non-hydrogen) atoms. The maximum absolute atomic E-state index is 13.5. The summed E-state index contributed by atoms with van der Waals surface area (Å²) in [4.78, 5) is 25.3. The van der Waals surface area contributed by atoms with Crippen LogP contribution in [-0.4, -0.2) is 53.4 Å². The van der Waals surface area contributed by atoms with Crippen LogP contribution in [0.4, 0.5) is 4.39 Å². The highest BCUT2D eigenvalue weighted by atomic mass is 32.2. The van der Waals surface area contributed by atoms with Crippen LogP contribution in [0.1, 0.15) is 17.3 Å². The molecule has 1 heterocycles. The smallest absolute Gasteiger partial charge is 0.334 e. The van der Waals surface area contributed by atoms with Gasteiger partial charge in [0.1, 0.15) is 5.82 Å². The number of hydrogen-bond acceptors (Lipinski definition) is 4. The van der Waals surface area contributed by atoms with Gasteiger partial charge in [-0.3, -0.25) is 4.79 Å². The number of carbonyl (C=O) groups is 2. The van der Waals surface area contributed by atoms with Crippen LogP contribution in [0, 0.1) is 5.82 Å². The number of morpholine rings is 1. The summed E-state index contributed by atoms with van der Waals surface area (Å²) >= 11 is 1.22. The van der Waals surface area contributed by atoms with Crippen LogP contribution in [-0.2, 0) is 9.53 Å². The Bertz CT molecular complexity index is 566. The lowest BCUT2D eigenvalue weighted by atomic mass is 10.1. The molecule has 5 nitrogen and oxygen atoms in total. The Labute approximate surface area is 126 Å². The van der Waals surface area contributed by atoms with Crippen LogP contribution >= 0.6 is 11.8 Å². The summed E-state index contributed by atoms with van der Waals surface area (Å²) in [7, 11) is 0. The van der Waals surface area contributed by atoms with Crippen molar-refractivity contribution < 1.29 is 23.8 Å². The Balaban J connectivity index is 2.20. The van der Waals surface area contributed by atoms with E-state index in [1.807, 2.05) is 0 Å². The van der Waals surface area contributed by atoms with E-state index in [-0.39, 0.29) is 24.4 Å². The lowest BCUT2D eigenvalue weighted by Gasteiger charge is -2.35. The van der Waals surface area contributed by atoms with Crippen molar-refractivity contribution in [1.82, 2.24) is 4.90 Å². The van der Waals surface area contributed by atoms with Gasteiger partial charge < -0.3 is 14.7 Å². The summed E-state index contributed by atoms with van der Waals surface area (Å²) < 4.78 is 18.7. The average molecular weight is 313 g/mol. The molecule has 7 heteroatoms. The van der Waals surface area contributed by atoms with Crippen molar-refractivity contribution in [2.75, 3.05) is 19.3 Å². The van der Waals surface area contributed by atoms with Gasteiger partial charge in [-0.25, -0.2) is 9.18 Å². The fourth-order valence-electron chi connectivity index (χ4n) is 2.23. The minimum atomic E-state index is -1.09. The van der Waals surface area contributed by atoms with E-state index >= 15 is 0 Å². The van der Waals surface area contributed by atoms with Gasteiger partial charge in [-0.2, -0.15) is 0 Å². The fourth-order valence-corrected chi connectivity index (χ4v) is 2.74. The van der Waals surface area contributed by atoms with Crippen molar-refractivity contribution in [2.45, 2.75) is 24.0 Å². The Kier molecular flexibility index (Phi) is 4.84. The summed E-state index contributed by atoms with van der Waals surface area (Å²) in [6, 6.07) is 4.14. The normalized spacial score (nSPS) is 22.1. The van der Waals surface area contributed by atoms with Crippen LogP contribution in [0.25, 0.3) is 0 Å². The molecule has 1 fully saturated rings. The van der Waals surface area contributed by atoms with Crippen LogP contribution in [0.15, 0.2) is 23.1 Å². The van der Waals surface area contributed by atoms with E-state index in [9.17, 15) is 14.0 Å². The topological polar surface area (TPSA) is 66.8 Å². The van der Waals surface area contributed by atoms with E-state index < -0.39 is 12.1 Å². The predicted octanol–water partition coefficient (Wildman–Crippen LogP) is 1.86. The molecule has 0 aromatic heterocycles. The van der Waals surface area contributed by atoms with E-state index in [0.717, 1.165) is 0 Å². The Hall–Kier alpha value is -1.60. The number of benzene rings is 1. The highest BCUT2D eigenvalue weighted by Crippen LogP contribution is 2.22. The second-order valence-electron chi connectivity index (χ2n) is 4.83. The number of rotatable bonds is 3. The molecule has 1 N–H and O–H groups in total. The first-order valence-corrected chi connectivity index (χ1v) is 7.66. The number of ether oxygens (including phenoxy) is 1. The van der Waals surface area contributed by atoms with E-state index in [2.05, 4.69) is 0 Å². The molecule has 0 bridgehead atoms. The van der Waals surface area contributed by atoms with Gasteiger partial charge >= 0.3 is 5.97 Å². The average Bonchev–Trinajstić information content (AvgIpc) is 2.46. The molecule has 1 aliphatic heterocycles. The summed E-state index contributed by atoms with van der Waals surface area (Å²) in [5.41, 5.74) is 0.346. The van der Waals surface area contributed by atoms with Crippen molar-refractivity contribution in [3.63, 3.8) is 0 Å². The number of amides is 1. The van der Waals surface area contributed by atoms with Crippen LogP contribution in [0.3, 0.4) is 0 Å². The zero-order valence-corrected chi connectivity index (χ0v) is 12.5. The quantitative estimate of drug-likeness (QED) is 0.863. The van der Waals surface area contributed by atoms with Crippen molar-refractivity contribution in [2.24, 2.45) is 0 Å². The molecule has 1 unspecified atom stereocenters. The third-order valence-corrected chi connectivity index (χ3v) is 3.97. The molecular weight excluding hydrogens is 297 g/mol. The molecule has 1 saturated heterocycles. The summed E-state index contributed by atoms with van der Waals surface area (Å²) in [5.74, 6) is -1.78. The van der Waals surface area contributed by atoms with E-state index in [4.69, 9.17) is 9.84 Å². The molecule has 0 saturated carbocycles. The molecule has 1 aromatic carbocycles. The van der Waals surface area contributed by atoms with E-state index in [0.29, 0.717) is 17.0 Å². The number of thioether (sulfide) groups is 1. The molecule has 0 aliphatic carbocycles. The molecule has 2 rings (SSSR count). The first-order chi connectivity index (χ1) is 9.92. The zero-order valence-electron chi connectivity index (χ0n) is 11.7. The SMILES string of the molecule is CSc1cc(C(=O)N2CC(C(=O)O)O[C@H](C)C2)ccc1F. The first kappa shape index (κ1) is 15.8. The van der Waals surface area contributed by atoms with Crippen LogP contribution < -0.4 is 0 Å². The largest absolute Gasteiger partial charge is 0.479 e. The number of halogens is 1. The predicted molar refractivity (Wildman–Crippen MR) is 76.1 cm³/mol. The van der Waals surface area contributed by atoms with Gasteiger partial charge in [0.25, 0.3) is 5.91 Å². The highest BCUT2D eigenvalue weighted by molar-refractivity contribution is 7.98. The second-order valence-corrected chi connectivity index (χ2v) is 5.68. The van der Waals surface area contributed by atoms with Crippen molar-refractivity contribution >= 4 is 23.6 Å². The van der Waals surface area contributed by atoms with Crippen LogP contribution in [0.5, 0.6) is 0 Å². The monoisotopic (exact) mass is 313 g/mol. The van der Waals surface area contributed by atoms with Gasteiger partial charge in [-0.05, 0) is 31.4 Å². The number of hydrogen-bond donors (Lipinski definition) is 1. The number of nitrogens with zero attached hydrogens (tertiary/aromatic N) is 1. The van der Waals surface area contributed by atoms with E-state index in [1.54, 1.807) is 13.2 Å². The van der Waals surface area contributed by atoms with Crippen molar-refractivity contribution in [3.05, 3.63) is 29.6 Å². The lowest BCUT2D eigenvalue weighted by molar-refractivity contribution is -0.160. The molecule has 1 aromatic rings. The maximum atomic E-state index is 13.5. The summed E-state index contributed by atoms with van der Waals surface area (Å²) in [6.07, 6.45) is 0.339. The first-order valence-electron chi connectivity index (χ1n) is 6.43. The number of carbonyl (C=O) groups excluding carboxylic acids is 1. The minimum Gasteiger partial charge on any atom is -0.479 e. The minimum absolute atomic E-state index is 0.00944. The van der Waals surface area contributed by atoms with Gasteiger partial charge in [-0.1, -0.05) is 0 Å². The molecular formula is C14H16FNO4S. The number of carboxylic acids is 1. The van der Waals surface area contributed by atoms with Gasteiger partial charge in [0.2, 0.25) is 0 Å². The third-order valence-electron chi connectivity index (χ3n) is 3.22. The van der Waals surface area contributed by atoms with Crippen molar-refractivity contribution in [3.8, 4) is 0 Å². The Morgan fingerprint density at radius 2 is 2.14 bits per heavy atom. The lowest BCUT2D eigenvalue weighted by Crippen LogP contribution is -2.51. The highest BCUT2D eigenvalue weighted by Gasteiger charge is 2.33. The molecule has 114 valence electrons. The maximum Gasteiger partial charge on any atom is 0.334 e. The van der Waals surface area contributed by atoms with Gasteiger partial charge in [-0.15, -0.1) is 11.8 Å². The standard InChI is InChI=1S/C14H16FNO4S/c1-8-6-16(7-11(20-8)14(18)19)13(17)9-3-4-10(15)12(5-9)21-2/h3-5,8,11H,6-7H2,1-2H3,(H,18,19)/t8-,11?/m1/s1. The number of aliphatic carboxylic acids is 1. The Morgan fingerprint density at radius 3 is 2.76 bits per heavy atom. The second kappa shape index (κ2) is 6.44. The Morgan fingerprint density at radius 1 is 1.43 bits per heavy atom. The summed E-state index contributed by atoms with van der Waals surface area (Å²) in [6.45, 7) is 2.02. The molecule has 1 aliphatic rings. The van der Waals surface area contributed by atoms with Gasteiger partial charge in [0.15, 0.2) is 6.10 Å². The number of carboxylic acid groups (broad SMARTS) is 1. The molecule has 0 spiro atoms. The fraction of sp³-hybridized carbons (Fsp3) is 0.429.